The van der Waals surface area contributed by atoms with E-state index in [0.29, 0.717) is 5.89 Å². The van der Waals surface area contributed by atoms with Crippen LogP contribution in [0.3, 0.4) is 0 Å². The fraction of sp³-hybridized carbons (Fsp3) is 0.0625. The van der Waals surface area contributed by atoms with Gasteiger partial charge in [-0.2, -0.15) is 0 Å². The van der Waals surface area contributed by atoms with E-state index >= 15 is 0 Å². The van der Waals surface area contributed by atoms with Gasteiger partial charge in [-0.05, 0) is 24.3 Å². The number of phenols is 2. The first-order valence-electron chi connectivity index (χ1n) is 6.70. The van der Waals surface area contributed by atoms with Gasteiger partial charge in [0.25, 0.3) is 5.22 Å². The maximum Gasteiger partial charge on any atom is 0.277 e. The van der Waals surface area contributed by atoms with Crippen molar-refractivity contribution in [2.24, 2.45) is 0 Å². The summed E-state index contributed by atoms with van der Waals surface area (Å²) in [4.78, 5) is 12.1. The van der Waals surface area contributed by atoms with Gasteiger partial charge in [-0.15, -0.1) is 10.2 Å². The second-order valence-electron chi connectivity index (χ2n) is 4.65. The highest BCUT2D eigenvalue weighted by Crippen LogP contribution is 2.27. The average Bonchev–Trinajstić information content (AvgIpc) is 3.02. The van der Waals surface area contributed by atoms with Crippen LogP contribution in [0.4, 0.5) is 0 Å². The van der Waals surface area contributed by atoms with Gasteiger partial charge in [0, 0.05) is 11.6 Å². The molecule has 0 radical (unpaired) electrons. The quantitative estimate of drug-likeness (QED) is 0.548. The zero-order chi connectivity index (χ0) is 16.2. The van der Waals surface area contributed by atoms with Gasteiger partial charge in [0.15, 0.2) is 5.78 Å². The number of carbonyl (C=O) groups is 1. The molecule has 0 atom stereocenters. The monoisotopic (exact) mass is 328 g/mol. The number of aromatic hydroxyl groups is 2. The smallest absolute Gasteiger partial charge is 0.277 e. The second kappa shape index (κ2) is 6.53. The number of ketones is 1. The van der Waals surface area contributed by atoms with Gasteiger partial charge in [-0.25, -0.2) is 0 Å². The van der Waals surface area contributed by atoms with Gasteiger partial charge in [0.05, 0.1) is 11.3 Å². The van der Waals surface area contributed by atoms with E-state index in [1.807, 2.05) is 30.3 Å². The van der Waals surface area contributed by atoms with E-state index in [4.69, 9.17) is 4.42 Å². The number of nitrogens with zero attached hydrogens (tertiary/aromatic N) is 2. The third kappa shape index (κ3) is 3.51. The highest BCUT2D eigenvalue weighted by Gasteiger charge is 2.15. The molecule has 2 aromatic carbocycles. The molecule has 3 rings (SSSR count). The SMILES string of the molecule is O=C(CSc1nnc(-c2ccccc2)o1)c1ccc(O)cc1O. The Bertz CT molecular complexity index is 833. The van der Waals surface area contributed by atoms with Crippen molar-refractivity contribution in [1.82, 2.24) is 10.2 Å². The fourth-order valence-corrected chi connectivity index (χ4v) is 2.57. The van der Waals surface area contributed by atoms with E-state index in [9.17, 15) is 15.0 Å². The third-order valence-electron chi connectivity index (χ3n) is 3.04. The van der Waals surface area contributed by atoms with Crippen molar-refractivity contribution in [3.63, 3.8) is 0 Å². The molecule has 7 heteroatoms. The van der Waals surface area contributed by atoms with Crippen molar-refractivity contribution < 1.29 is 19.4 Å². The fourth-order valence-electron chi connectivity index (χ4n) is 1.93. The van der Waals surface area contributed by atoms with Crippen LogP contribution in [0.15, 0.2) is 58.2 Å². The number of thioether (sulfide) groups is 1. The Kier molecular flexibility index (Phi) is 4.29. The Labute approximate surface area is 135 Å². The molecule has 0 aliphatic heterocycles. The lowest BCUT2D eigenvalue weighted by Gasteiger charge is -2.02. The van der Waals surface area contributed by atoms with Crippen LogP contribution in [-0.4, -0.2) is 31.9 Å². The molecule has 0 fully saturated rings. The first-order chi connectivity index (χ1) is 11.1. The Morgan fingerprint density at radius 2 is 1.87 bits per heavy atom. The second-order valence-corrected chi connectivity index (χ2v) is 5.58. The zero-order valence-corrected chi connectivity index (χ0v) is 12.7. The predicted octanol–water partition coefficient (Wildman–Crippen LogP) is 3.12. The summed E-state index contributed by atoms with van der Waals surface area (Å²) in [5.74, 6) is -0.239. The maximum atomic E-state index is 12.1. The van der Waals surface area contributed by atoms with Gasteiger partial charge >= 0.3 is 0 Å². The minimum absolute atomic E-state index is 0.0365. The molecule has 0 spiro atoms. The highest BCUT2D eigenvalue weighted by atomic mass is 32.2. The van der Waals surface area contributed by atoms with Crippen LogP contribution >= 0.6 is 11.8 Å². The summed E-state index contributed by atoms with van der Waals surface area (Å²) in [6.45, 7) is 0. The van der Waals surface area contributed by atoms with E-state index in [2.05, 4.69) is 10.2 Å². The van der Waals surface area contributed by atoms with Crippen LogP contribution in [-0.2, 0) is 0 Å². The van der Waals surface area contributed by atoms with E-state index in [1.54, 1.807) is 0 Å². The first kappa shape index (κ1) is 15.1. The lowest BCUT2D eigenvalue weighted by Crippen LogP contribution is -2.02. The Balaban J connectivity index is 1.67. The molecule has 0 saturated carbocycles. The molecule has 6 nitrogen and oxygen atoms in total. The molecule has 0 saturated heterocycles. The number of benzene rings is 2. The minimum atomic E-state index is -0.299. The van der Waals surface area contributed by atoms with Crippen molar-refractivity contribution in [2.45, 2.75) is 5.22 Å². The highest BCUT2D eigenvalue weighted by molar-refractivity contribution is 7.99. The number of Topliss-reactive ketones (excluding diaryl/α,β-unsaturated/α-hetero) is 1. The van der Waals surface area contributed by atoms with Crippen LogP contribution in [0, 0.1) is 0 Å². The molecule has 0 amide bonds. The minimum Gasteiger partial charge on any atom is -0.508 e. The van der Waals surface area contributed by atoms with Gasteiger partial charge < -0.3 is 14.6 Å². The summed E-state index contributed by atoms with van der Waals surface area (Å²) in [7, 11) is 0. The molecule has 1 heterocycles. The van der Waals surface area contributed by atoms with Crippen molar-refractivity contribution in [2.75, 3.05) is 5.75 Å². The van der Waals surface area contributed by atoms with Crippen LogP contribution in [0.25, 0.3) is 11.5 Å². The summed E-state index contributed by atoms with van der Waals surface area (Å²) in [6.07, 6.45) is 0. The molecule has 0 aliphatic carbocycles. The van der Waals surface area contributed by atoms with Crippen molar-refractivity contribution in [3.8, 4) is 23.0 Å². The Morgan fingerprint density at radius 1 is 1.09 bits per heavy atom. The number of hydrogen-bond donors (Lipinski definition) is 2. The number of aromatic nitrogens is 2. The summed E-state index contributed by atoms with van der Waals surface area (Å²) in [5, 5.41) is 27.0. The first-order valence-corrected chi connectivity index (χ1v) is 7.69. The van der Waals surface area contributed by atoms with Crippen molar-refractivity contribution in [3.05, 3.63) is 54.1 Å². The van der Waals surface area contributed by atoms with Gasteiger partial charge in [-0.3, -0.25) is 4.79 Å². The molecule has 2 N–H and O–H groups in total. The van der Waals surface area contributed by atoms with E-state index in [1.165, 1.54) is 12.1 Å². The number of hydrogen-bond acceptors (Lipinski definition) is 7. The summed E-state index contributed by atoms with van der Waals surface area (Å²) >= 11 is 1.09. The van der Waals surface area contributed by atoms with E-state index < -0.39 is 0 Å². The van der Waals surface area contributed by atoms with E-state index in [-0.39, 0.29) is 33.8 Å². The lowest BCUT2D eigenvalue weighted by atomic mass is 10.1. The molecule has 0 unspecified atom stereocenters. The lowest BCUT2D eigenvalue weighted by molar-refractivity contribution is 0.101. The van der Waals surface area contributed by atoms with E-state index in [0.717, 1.165) is 23.4 Å². The normalized spacial score (nSPS) is 10.6. The number of rotatable bonds is 5. The molecular formula is C16H12N2O4S. The maximum absolute atomic E-state index is 12.1. The van der Waals surface area contributed by atoms with Crippen molar-refractivity contribution in [1.29, 1.82) is 0 Å². The largest absolute Gasteiger partial charge is 0.508 e. The topological polar surface area (TPSA) is 96.5 Å². The third-order valence-corrected chi connectivity index (χ3v) is 3.85. The molecule has 1 aromatic heterocycles. The summed E-state index contributed by atoms with van der Waals surface area (Å²) < 4.78 is 5.49. The average molecular weight is 328 g/mol. The molecular weight excluding hydrogens is 316 g/mol. The van der Waals surface area contributed by atoms with Crippen molar-refractivity contribution >= 4 is 17.5 Å². The summed E-state index contributed by atoms with van der Waals surface area (Å²) in [6, 6.07) is 13.2. The van der Waals surface area contributed by atoms with Gasteiger partial charge in [0.2, 0.25) is 5.89 Å². The standard InChI is InChI=1S/C16H12N2O4S/c19-11-6-7-12(13(20)8-11)14(21)9-23-16-18-17-15(22-16)10-4-2-1-3-5-10/h1-8,19-20H,9H2. The van der Waals surface area contributed by atoms with Crippen LogP contribution in [0.1, 0.15) is 10.4 Å². The van der Waals surface area contributed by atoms with Gasteiger partial charge in [-0.1, -0.05) is 30.0 Å². The number of carbonyl (C=O) groups excluding carboxylic acids is 1. The Hall–Kier alpha value is -2.80. The molecule has 0 aliphatic rings. The zero-order valence-electron chi connectivity index (χ0n) is 11.8. The van der Waals surface area contributed by atoms with Gasteiger partial charge in [0.1, 0.15) is 11.5 Å². The molecule has 23 heavy (non-hydrogen) atoms. The number of phenolic OH excluding ortho intramolecular Hbond substituents is 2. The molecule has 116 valence electrons. The Morgan fingerprint density at radius 3 is 2.61 bits per heavy atom. The van der Waals surface area contributed by atoms with Crippen LogP contribution in [0.5, 0.6) is 11.5 Å². The van der Waals surface area contributed by atoms with Crippen LogP contribution in [0.2, 0.25) is 0 Å². The molecule has 3 aromatic rings. The van der Waals surface area contributed by atoms with Crippen LogP contribution < -0.4 is 0 Å². The predicted molar refractivity (Wildman–Crippen MR) is 84.6 cm³/mol. The summed E-state index contributed by atoms with van der Waals surface area (Å²) in [5.41, 5.74) is 0.937. The molecule has 0 bridgehead atoms.